The molecule has 2 atom stereocenters. The Bertz CT molecular complexity index is 1750. The van der Waals surface area contributed by atoms with Crippen molar-refractivity contribution in [2.45, 2.75) is 36.4 Å². The van der Waals surface area contributed by atoms with Crippen LogP contribution in [0.3, 0.4) is 0 Å². The molecule has 41 heavy (non-hydrogen) atoms. The van der Waals surface area contributed by atoms with E-state index in [1.807, 2.05) is 30.3 Å². The molecule has 4 aromatic rings. The van der Waals surface area contributed by atoms with Crippen molar-refractivity contribution < 1.29 is 27.5 Å². The fraction of sp³-hybridized carbons (Fsp3) is 0.226. The van der Waals surface area contributed by atoms with Crippen LogP contribution in [-0.4, -0.2) is 45.2 Å². The Morgan fingerprint density at radius 1 is 0.951 bits per heavy atom. The molecule has 1 N–H and O–H groups in total. The van der Waals surface area contributed by atoms with Gasteiger partial charge in [0.1, 0.15) is 0 Å². The lowest BCUT2D eigenvalue weighted by molar-refractivity contribution is -0.163. The summed E-state index contributed by atoms with van der Waals surface area (Å²) in [5.74, 6) is -1.76. The van der Waals surface area contributed by atoms with E-state index in [1.165, 1.54) is 16.4 Å². The second-order valence-electron chi connectivity index (χ2n) is 9.82. The SMILES string of the molecule is C=C1[C@H]2[C@@H](NC1(C(=O)OCC)C(=O)OCC)c1cc(-c3cc4ccccc4s3)ccc1N2S(=O)(=O)c1ccccc1. The van der Waals surface area contributed by atoms with Crippen LogP contribution < -0.4 is 9.62 Å². The van der Waals surface area contributed by atoms with E-state index in [-0.39, 0.29) is 23.7 Å². The lowest BCUT2D eigenvalue weighted by atomic mass is 9.90. The number of ether oxygens (including phenoxy) is 2. The zero-order chi connectivity index (χ0) is 28.9. The maximum Gasteiger partial charge on any atom is 0.342 e. The number of nitrogens with zero attached hydrogens (tertiary/aromatic N) is 1. The van der Waals surface area contributed by atoms with Crippen molar-refractivity contribution in [1.29, 1.82) is 0 Å². The van der Waals surface area contributed by atoms with E-state index in [2.05, 4.69) is 24.0 Å². The fourth-order valence-electron chi connectivity index (χ4n) is 5.71. The zero-order valence-corrected chi connectivity index (χ0v) is 24.1. The van der Waals surface area contributed by atoms with Gasteiger partial charge < -0.3 is 9.47 Å². The molecule has 2 aliphatic heterocycles. The Morgan fingerprint density at radius 2 is 1.61 bits per heavy atom. The first-order valence-electron chi connectivity index (χ1n) is 13.3. The van der Waals surface area contributed by atoms with E-state index in [0.29, 0.717) is 11.3 Å². The van der Waals surface area contributed by atoms with Crippen LogP contribution in [0, 0.1) is 0 Å². The number of nitrogens with one attached hydrogen (secondary N) is 1. The molecule has 1 fully saturated rings. The van der Waals surface area contributed by atoms with Gasteiger partial charge in [0.25, 0.3) is 10.0 Å². The molecule has 10 heteroatoms. The van der Waals surface area contributed by atoms with Gasteiger partial charge in [-0.2, -0.15) is 0 Å². The average molecular weight is 589 g/mol. The highest BCUT2D eigenvalue weighted by Gasteiger charge is 2.65. The first-order valence-corrected chi connectivity index (χ1v) is 15.5. The molecule has 1 aromatic heterocycles. The molecule has 0 saturated carbocycles. The van der Waals surface area contributed by atoms with Crippen LogP contribution in [0.1, 0.15) is 25.5 Å². The molecule has 3 heterocycles. The highest BCUT2D eigenvalue weighted by atomic mass is 32.2. The van der Waals surface area contributed by atoms with Gasteiger partial charge in [-0.25, -0.2) is 18.0 Å². The first kappa shape index (κ1) is 27.2. The number of thiophene rings is 1. The zero-order valence-electron chi connectivity index (χ0n) is 22.5. The van der Waals surface area contributed by atoms with E-state index in [1.54, 1.807) is 49.4 Å². The largest absolute Gasteiger partial charge is 0.464 e. The quantitative estimate of drug-likeness (QED) is 0.180. The fourth-order valence-corrected chi connectivity index (χ4v) is 8.47. The summed E-state index contributed by atoms with van der Waals surface area (Å²) in [6.45, 7) is 7.44. The van der Waals surface area contributed by atoms with Crippen molar-refractivity contribution in [3.8, 4) is 10.4 Å². The molecule has 210 valence electrons. The van der Waals surface area contributed by atoms with Crippen LogP contribution in [0.25, 0.3) is 20.5 Å². The number of hydrogen-bond donors (Lipinski definition) is 1. The highest BCUT2D eigenvalue weighted by molar-refractivity contribution is 7.93. The minimum absolute atomic E-state index is 0.0168. The Kier molecular flexibility index (Phi) is 6.72. The molecule has 0 aliphatic carbocycles. The van der Waals surface area contributed by atoms with Gasteiger partial charge in [0.2, 0.25) is 5.54 Å². The van der Waals surface area contributed by atoms with Crippen LogP contribution in [0.2, 0.25) is 0 Å². The van der Waals surface area contributed by atoms with Gasteiger partial charge in [-0.15, -0.1) is 11.3 Å². The number of carbonyl (C=O) groups excluding carboxylic acids is 2. The third-order valence-corrected chi connectivity index (χ3v) is 10.5. The molecule has 0 amide bonds. The van der Waals surface area contributed by atoms with E-state index >= 15 is 0 Å². The summed E-state index contributed by atoms with van der Waals surface area (Å²) in [5.41, 5.74) is -0.0555. The highest BCUT2D eigenvalue weighted by Crippen LogP contribution is 2.53. The Hall–Kier alpha value is -3.99. The Labute approximate surface area is 242 Å². The van der Waals surface area contributed by atoms with Crippen molar-refractivity contribution in [3.05, 3.63) is 96.6 Å². The van der Waals surface area contributed by atoms with Gasteiger partial charge in [0.15, 0.2) is 0 Å². The number of carbonyl (C=O) groups is 2. The lowest BCUT2D eigenvalue weighted by Gasteiger charge is -2.31. The van der Waals surface area contributed by atoms with Crippen molar-refractivity contribution in [2.75, 3.05) is 17.5 Å². The predicted molar refractivity (Wildman–Crippen MR) is 158 cm³/mol. The van der Waals surface area contributed by atoms with Crippen molar-refractivity contribution in [2.24, 2.45) is 0 Å². The first-order chi connectivity index (χ1) is 19.7. The molecule has 0 unspecified atom stereocenters. The summed E-state index contributed by atoms with van der Waals surface area (Å²) in [7, 11) is -4.13. The summed E-state index contributed by atoms with van der Waals surface area (Å²) in [6.07, 6.45) is 0. The topological polar surface area (TPSA) is 102 Å². The monoisotopic (exact) mass is 588 g/mol. The minimum Gasteiger partial charge on any atom is -0.464 e. The maximum atomic E-state index is 14.2. The average Bonchev–Trinajstić information content (AvgIpc) is 3.64. The summed E-state index contributed by atoms with van der Waals surface area (Å²) in [4.78, 5) is 28.0. The number of benzene rings is 3. The van der Waals surface area contributed by atoms with E-state index in [4.69, 9.17) is 9.47 Å². The van der Waals surface area contributed by atoms with Gasteiger partial charge >= 0.3 is 11.9 Å². The summed E-state index contributed by atoms with van der Waals surface area (Å²) < 4.78 is 41.4. The Balaban J connectivity index is 1.55. The number of sulfonamides is 1. The number of fused-ring (bicyclic) bond motifs is 4. The third-order valence-electron chi connectivity index (χ3n) is 7.55. The van der Waals surface area contributed by atoms with Gasteiger partial charge in [-0.3, -0.25) is 9.62 Å². The normalized spacial score (nSPS) is 19.2. The van der Waals surface area contributed by atoms with Crippen molar-refractivity contribution in [1.82, 2.24) is 5.32 Å². The van der Waals surface area contributed by atoms with Crippen molar-refractivity contribution in [3.63, 3.8) is 0 Å². The van der Waals surface area contributed by atoms with Crippen LogP contribution in [0.4, 0.5) is 5.69 Å². The van der Waals surface area contributed by atoms with E-state index in [0.717, 1.165) is 20.5 Å². The van der Waals surface area contributed by atoms with Crippen LogP contribution in [0.5, 0.6) is 0 Å². The molecule has 2 aliphatic rings. The van der Waals surface area contributed by atoms with Crippen LogP contribution in [-0.2, 0) is 29.1 Å². The van der Waals surface area contributed by atoms with Crippen molar-refractivity contribution >= 4 is 49.1 Å². The predicted octanol–water partition coefficient (Wildman–Crippen LogP) is 5.21. The molecular weight excluding hydrogens is 560 g/mol. The summed E-state index contributed by atoms with van der Waals surface area (Å²) in [5, 5.41) is 4.26. The molecule has 0 spiro atoms. The number of esters is 2. The lowest BCUT2D eigenvalue weighted by Crippen LogP contribution is -2.58. The number of hydrogen-bond acceptors (Lipinski definition) is 8. The van der Waals surface area contributed by atoms with Gasteiger partial charge in [0.05, 0.1) is 35.9 Å². The molecule has 0 bridgehead atoms. The molecular formula is C31H28N2O6S2. The molecule has 6 rings (SSSR count). The molecule has 3 aromatic carbocycles. The molecule has 0 radical (unpaired) electrons. The second-order valence-corrected chi connectivity index (χ2v) is 12.7. The van der Waals surface area contributed by atoms with Gasteiger partial charge in [-0.05, 0) is 72.3 Å². The van der Waals surface area contributed by atoms with Crippen LogP contribution in [0.15, 0.2) is 95.9 Å². The Morgan fingerprint density at radius 3 is 2.27 bits per heavy atom. The van der Waals surface area contributed by atoms with E-state index < -0.39 is 39.6 Å². The van der Waals surface area contributed by atoms with Crippen LogP contribution >= 0.6 is 11.3 Å². The number of anilines is 1. The summed E-state index contributed by atoms with van der Waals surface area (Å²) in [6, 6.07) is 22.1. The third kappa shape index (κ3) is 4.08. The molecule has 8 nitrogen and oxygen atoms in total. The molecule has 1 saturated heterocycles. The minimum atomic E-state index is -4.13. The second kappa shape index (κ2) is 10.1. The van der Waals surface area contributed by atoms with Gasteiger partial charge in [-0.1, -0.05) is 49.0 Å². The summed E-state index contributed by atoms with van der Waals surface area (Å²) >= 11 is 1.63. The van der Waals surface area contributed by atoms with Gasteiger partial charge in [0, 0.05) is 9.58 Å². The standard InChI is InChI=1S/C31H28N2O6S2/c1-4-38-29(34)31(30(35)39-5-2)19(3)28-27(32-31)23-17-21(26-18-20-11-9-10-14-25(20)40-26)15-16-24(23)33(28)41(36,37)22-12-7-6-8-13-22/h6-18,27-28,32H,3-5H2,1-2H3/t27-,28-/m0/s1. The maximum absolute atomic E-state index is 14.2. The van der Waals surface area contributed by atoms with E-state index in [9.17, 15) is 18.0 Å². The smallest absolute Gasteiger partial charge is 0.342 e. The number of rotatable bonds is 7.